The molecule has 1 aliphatic rings. The van der Waals surface area contributed by atoms with E-state index in [9.17, 15) is 9.90 Å². The van der Waals surface area contributed by atoms with Gasteiger partial charge in [0.05, 0.1) is 10.9 Å². The quantitative estimate of drug-likeness (QED) is 0.700. The predicted molar refractivity (Wildman–Crippen MR) is 111 cm³/mol. The first-order valence-corrected chi connectivity index (χ1v) is 10.5. The molecule has 8 heteroatoms. The number of nitrogens with one attached hydrogen (secondary N) is 1. The number of nitrogens with zero attached hydrogens (tertiary/aromatic N) is 4. The van der Waals surface area contributed by atoms with Crippen molar-refractivity contribution >= 4 is 32.7 Å². The fourth-order valence-electron chi connectivity index (χ4n) is 3.80. The molecule has 1 aliphatic heterocycles. The minimum absolute atomic E-state index is 0.222. The van der Waals surface area contributed by atoms with E-state index in [1.54, 1.807) is 22.1 Å². The van der Waals surface area contributed by atoms with Crippen molar-refractivity contribution in [2.75, 3.05) is 18.4 Å². The fourth-order valence-corrected chi connectivity index (χ4v) is 4.70. The number of thiazole rings is 1. The van der Waals surface area contributed by atoms with E-state index in [0.717, 1.165) is 46.9 Å². The molecule has 2 N–H and O–H groups in total. The Morgan fingerprint density at radius 2 is 2.07 bits per heavy atom. The van der Waals surface area contributed by atoms with Crippen LogP contribution >= 0.6 is 11.3 Å². The second-order valence-corrected chi connectivity index (χ2v) is 8.41. The second-order valence-electron chi connectivity index (χ2n) is 7.38. The summed E-state index contributed by atoms with van der Waals surface area (Å²) in [4.78, 5) is 18.4. The molecule has 28 heavy (non-hydrogen) atoms. The summed E-state index contributed by atoms with van der Waals surface area (Å²) >= 11 is 1.57. The summed E-state index contributed by atoms with van der Waals surface area (Å²) in [7, 11) is 0. The van der Waals surface area contributed by atoms with E-state index in [1.165, 1.54) is 0 Å². The Morgan fingerprint density at radius 1 is 1.32 bits per heavy atom. The Balaban J connectivity index is 1.48. The average Bonchev–Trinajstić information content (AvgIpc) is 3.19. The average molecular weight is 400 g/mol. The third-order valence-corrected chi connectivity index (χ3v) is 6.12. The molecule has 1 amide bonds. The van der Waals surface area contributed by atoms with E-state index >= 15 is 0 Å². The number of aromatic hydroxyl groups is 1. The van der Waals surface area contributed by atoms with Crippen molar-refractivity contribution < 1.29 is 9.90 Å². The molecule has 4 rings (SSSR count). The number of carbonyl (C=O) groups excluding carboxylic acids is 1. The maximum atomic E-state index is 11.8. The monoisotopic (exact) mass is 399 g/mol. The van der Waals surface area contributed by atoms with Gasteiger partial charge in [0.1, 0.15) is 11.4 Å². The van der Waals surface area contributed by atoms with E-state index in [2.05, 4.69) is 15.4 Å². The molecule has 0 saturated carbocycles. The lowest BCUT2D eigenvalue weighted by Crippen LogP contribution is -2.42. The molecule has 1 fully saturated rings. The number of hydrogen-bond donors (Lipinski definition) is 2. The third kappa shape index (κ3) is 3.56. The van der Waals surface area contributed by atoms with Crippen LogP contribution in [0.5, 0.6) is 5.75 Å². The summed E-state index contributed by atoms with van der Waals surface area (Å²) in [5.74, 6) is 0.453. The van der Waals surface area contributed by atoms with Gasteiger partial charge < -0.3 is 15.3 Å². The molecule has 0 unspecified atom stereocenters. The van der Waals surface area contributed by atoms with E-state index < -0.39 is 0 Å². The number of aryl methyl sites for hydroxylation is 2. The van der Waals surface area contributed by atoms with E-state index in [1.807, 2.05) is 37.9 Å². The highest BCUT2D eigenvalue weighted by molar-refractivity contribution is 7.22. The molecule has 0 aliphatic carbocycles. The van der Waals surface area contributed by atoms with E-state index in [0.29, 0.717) is 23.8 Å². The minimum Gasteiger partial charge on any atom is -0.506 e. The molecule has 0 bridgehead atoms. The SMILES string of the molecule is CCC(=O)N1CCC(Nc2nc3nn(-c4c(C)cc(C)cc4O)cc3s2)CC1. The number of aromatic nitrogens is 3. The fraction of sp³-hybridized carbons (Fsp3) is 0.450. The Kier molecular flexibility index (Phi) is 4.97. The Hall–Kier alpha value is -2.61. The van der Waals surface area contributed by atoms with Crippen molar-refractivity contribution in [3.05, 3.63) is 29.5 Å². The van der Waals surface area contributed by atoms with E-state index in [4.69, 9.17) is 0 Å². The summed E-state index contributed by atoms with van der Waals surface area (Å²) in [5.41, 5.74) is 3.35. The van der Waals surface area contributed by atoms with E-state index in [-0.39, 0.29) is 11.7 Å². The molecule has 0 spiro atoms. The highest BCUT2D eigenvalue weighted by Gasteiger charge is 2.23. The lowest BCUT2D eigenvalue weighted by molar-refractivity contribution is -0.131. The topological polar surface area (TPSA) is 83.3 Å². The van der Waals surface area contributed by atoms with Crippen LogP contribution in [0.1, 0.15) is 37.3 Å². The van der Waals surface area contributed by atoms with Crippen molar-refractivity contribution in [3.63, 3.8) is 0 Å². The molecular formula is C20H25N5O2S. The zero-order valence-electron chi connectivity index (χ0n) is 16.4. The van der Waals surface area contributed by atoms with Gasteiger partial charge in [-0.3, -0.25) is 4.79 Å². The van der Waals surface area contributed by atoms with Crippen molar-refractivity contribution in [2.24, 2.45) is 0 Å². The van der Waals surface area contributed by atoms with Crippen molar-refractivity contribution in [2.45, 2.75) is 46.1 Å². The molecule has 148 valence electrons. The van der Waals surface area contributed by atoms with Crippen molar-refractivity contribution in [3.8, 4) is 11.4 Å². The standard InChI is InChI=1S/C20H25N5O2S/c1-4-17(27)24-7-5-14(6-8-24)21-20-22-19-16(28-20)11-25(23-19)18-13(3)9-12(2)10-15(18)26/h9-11,14,26H,4-8H2,1-3H3,(H,21,22,23). The summed E-state index contributed by atoms with van der Waals surface area (Å²) in [6.07, 6.45) is 4.35. The summed E-state index contributed by atoms with van der Waals surface area (Å²) < 4.78 is 2.68. The molecule has 0 atom stereocenters. The minimum atomic E-state index is 0.222. The number of amides is 1. The van der Waals surface area contributed by atoms with Gasteiger partial charge in [-0.25, -0.2) is 4.68 Å². The smallest absolute Gasteiger partial charge is 0.222 e. The van der Waals surface area contributed by atoms with Gasteiger partial charge in [-0.2, -0.15) is 4.98 Å². The number of rotatable bonds is 4. The van der Waals surface area contributed by atoms with Gasteiger partial charge in [0.25, 0.3) is 0 Å². The number of phenolic OH excluding ortho intramolecular Hbond substituents is 1. The van der Waals surface area contributed by atoms with Gasteiger partial charge in [0.2, 0.25) is 5.91 Å². The molecule has 2 aromatic heterocycles. The predicted octanol–water partition coefficient (Wildman–Crippen LogP) is 3.62. The number of benzene rings is 1. The molecule has 1 aromatic carbocycles. The number of likely N-dealkylation sites (tertiary alicyclic amines) is 1. The van der Waals surface area contributed by atoms with Gasteiger partial charge in [0.15, 0.2) is 10.8 Å². The van der Waals surface area contributed by atoms with Gasteiger partial charge in [-0.05, 0) is 43.9 Å². The van der Waals surface area contributed by atoms with Crippen LogP contribution in [0.3, 0.4) is 0 Å². The van der Waals surface area contributed by atoms with Crippen LogP contribution in [-0.2, 0) is 4.79 Å². The first-order valence-electron chi connectivity index (χ1n) is 9.65. The van der Waals surface area contributed by atoms with Crippen LogP contribution in [0.2, 0.25) is 0 Å². The number of hydrogen-bond acceptors (Lipinski definition) is 6. The van der Waals surface area contributed by atoms with Crippen molar-refractivity contribution in [1.82, 2.24) is 19.7 Å². The number of fused-ring (bicyclic) bond motifs is 1. The Morgan fingerprint density at radius 3 is 2.71 bits per heavy atom. The van der Waals surface area contributed by atoms with Crippen LogP contribution in [0.4, 0.5) is 5.13 Å². The van der Waals surface area contributed by atoms with Crippen LogP contribution < -0.4 is 5.32 Å². The van der Waals surface area contributed by atoms with Crippen LogP contribution in [0, 0.1) is 13.8 Å². The first-order chi connectivity index (χ1) is 13.4. The summed E-state index contributed by atoms with van der Waals surface area (Å²) in [5, 5.41) is 19.2. The van der Waals surface area contributed by atoms with Crippen LogP contribution in [-0.4, -0.2) is 49.8 Å². The maximum absolute atomic E-state index is 11.8. The second kappa shape index (κ2) is 7.43. The lowest BCUT2D eigenvalue weighted by Gasteiger charge is -2.32. The van der Waals surface area contributed by atoms with Crippen LogP contribution in [0.15, 0.2) is 18.3 Å². The third-order valence-electron chi connectivity index (χ3n) is 5.21. The number of carbonyl (C=O) groups is 1. The number of piperidine rings is 1. The first kappa shape index (κ1) is 18.7. The number of phenols is 1. The summed E-state index contributed by atoms with van der Waals surface area (Å²) in [6.45, 7) is 7.43. The van der Waals surface area contributed by atoms with Gasteiger partial charge in [-0.15, -0.1) is 5.10 Å². The van der Waals surface area contributed by atoms with Gasteiger partial charge in [-0.1, -0.05) is 24.3 Å². The van der Waals surface area contributed by atoms with Crippen LogP contribution in [0.25, 0.3) is 16.0 Å². The maximum Gasteiger partial charge on any atom is 0.222 e. The Labute approximate surface area is 168 Å². The highest BCUT2D eigenvalue weighted by Crippen LogP contribution is 2.31. The molecule has 3 heterocycles. The zero-order chi connectivity index (χ0) is 19.8. The van der Waals surface area contributed by atoms with Gasteiger partial charge in [0, 0.05) is 25.6 Å². The largest absolute Gasteiger partial charge is 0.506 e. The molecular weight excluding hydrogens is 374 g/mol. The molecule has 0 radical (unpaired) electrons. The highest BCUT2D eigenvalue weighted by atomic mass is 32.1. The van der Waals surface area contributed by atoms with Gasteiger partial charge >= 0.3 is 0 Å². The molecule has 3 aromatic rings. The number of anilines is 1. The summed E-state index contributed by atoms with van der Waals surface area (Å²) in [6, 6.07) is 4.10. The molecule has 1 saturated heterocycles. The van der Waals surface area contributed by atoms with Crippen molar-refractivity contribution in [1.29, 1.82) is 0 Å². The Bertz CT molecular complexity index is 962. The zero-order valence-corrected chi connectivity index (χ0v) is 17.2. The molecule has 7 nitrogen and oxygen atoms in total. The lowest BCUT2D eigenvalue weighted by atomic mass is 10.1. The normalized spacial score (nSPS) is 15.3.